The molecule has 0 unspecified atom stereocenters. The number of hydrogen-bond donors (Lipinski definition) is 0. The fourth-order valence-electron chi connectivity index (χ4n) is 3.19. The highest BCUT2D eigenvalue weighted by Gasteiger charge is 2.14. The molecule has 0 spiro atoms. The van der Waals surface area contributed by atoms with Crippen LogP contribution in [-0.4, -0.2) is 20.3 Å². The molecule has 0 atom stereocenters. The predicted octanol–water partition coefficient (Wildman–Crippen LogP) is 7.81. The summed E-state index contributed by atoms with van der Waals surface area (Å²) in [5.74, 6) is 0. The summed E-state index contributed by atoms with van der Waals surface area (Å²) in [6.45, 7) is 8.44. The normalized spacial score (nSPS) is 11.2. The Labute approximate surface area is 160 Å². The van der Waals surface area contributed by atoms with Crippen LogP contribution in [0.1, 0.15) is 124 Å². The van der Waals surface area contributed by atoms with Crippen LogP contribution in [0.15, 0.2) is 0 Å². The molecule has 0 bridgehead atoms. The van der Waals surface area contributed by atoms with Gasteiger partial charge >= 0.3 is 7.12 Å². The second-order valence-electron chi connectivity index (χ2n) is 7.53. The molecule has 0 N–H and O–H groups in total. The lowest BCUT2D eigenvalue weighted by atomic mass is 9.86. The van der Waals surface area contributed by atoms with Crippen molar-refractivity contribution in [3.05, 3.63) is 0 Å². The smallest absolute Gasteiger partial charge is 0.411 e. The van der Waals surface area contributed by atoms with Crippen molar-refractivity contribution < 1.29 is 9.31 Å². The van der Waals surface area contributed by atoms with E-state index in [0.29, 0.717) is 0 Å². The molecule has 3 heteroatoms. The van der Waals surface area contributed by atoms with Crippen LogP contribution in [0, 0.1) is 0 Å². The zero-order valence-corrected chi connectivity index (χ0v) is 17.8. The molecule has 0 aromatic rings. The molecule has 0 heterocycles. The first-order chi connectivity index (χ1) is 12.3. The fourth-order valence-corrected chi connectivity index (χ4v) is 3.19. The molecule has 0 radical (unpaired) electrons. The maximum absolute atomic E-state index is 5.89. The van der Waals surface area contributed by atoms with Crippen LogP contribution < -0.4 is 0 Å². The van der Waals surface area contributed by atoms with Gasteiger partial charge in [0.2, 0.25) is 0 Å². The largest absolute Gasteiger partial charge is 0.456 e. The summed E-state index contributed by atoms with van der Waals surface area (Å²) in [4.78, 5) is 0. The van der Waals surface area contributed by atoms with Gasteiger partial charge in [-0.2, -0.15) is 0 Å². The lowest BCUT2D eigenvalue weighted by Crippen LogP contribution is -2.23. The molecule has 0 aliphatic heterocycles. The van der Waals surface area contributed by atoms with Crippen molar-refractivity contribution >= 4 is 7.12 Å². The van der Waals surface area contributed by atoms with Gasteiger partial charge in [-0.25, -0.2) is 0 Å². The summed E-state index contributed by atoms with van der Waals surface area (Å²) in [6, 6.07) is 0. The summed E-state index contributed by atoms with van der Waals surface area (Å²) < 4.78 is 11.8. The average molecular weight is 354 g/mol. The van der Waals surface area contributed by atoms with Gasteiger partial charge in [-0.1, -0.05) is 111 Å². The van der Waals surface area contributed by atoms with Gasteiger partial charge in [-0.15, -0.1) is 0 Å². The van der Waals surface area contributed by atoms with Gasteiger partial charge in [0.05, 0.1) is 0 Å². The summed E-state index contributed by atoms with van der Waals surface area (Å²) in [6.07, 6.45) is 22.6. The Balaban J connectivity index is 3.28. The molecule has 0 aliphatic carbocycles. The van der Waals surface area contributed by atoms with Gasteiger partial charge in [0.25, 0.3) is 0 Å². The van der Waals surface area contributed by atoms with E-state index in [4.69, 9.17) is 9.31 Å². The molecule has 25 heavy (non-hydrogen) atoms. The Morgan fingerprint density at radius 1 is 0.440 bits per heavy atom. The number of rotatable bonds is 21. The van der Waals surface area contributed by atoms with E-state index in [1.54, 1.807) is 0 Å². The molecule has 0 aromatic carbocycles. The summed E-state index contributed by atoms with van der Waals surface area (Å²) in [5.41, 5.74) is 0. The van der Waals surface area contributed by atoms with Crippen molar-refractivity contribution in [1.29, 1.82) is 0 Å². The van der Waals surface area contributed by atoms with Gasteiger partial charge in [0.15, 0.2) is 0 Å². The third-order valence-corrected chi connectivity index (χ3v) is 4.94. The quantitative estimate of drug-likeness (QED) is 0.155. The molecule has 0 aliphatic rings. The van der Waals surface area contributed by atoms with E-state index < -0.39 is 0 Å². The molecule has 0 fully saturated rings. The van der Waals surface area contributed by atoms with Gasteiger partial charge in [0.1, 0.15) is 0 Å². The van der Waals surface area contributed by atoms with Crippen molar-refractivity contribution in [3.63, 3.8) is 0 Å². The van der Waals surface area contributed by atoms with Crippen LogP contribution in [0.4, 0.5) is 0 Å². The molecule has 0 saturated carbocycles. The fraction of sp³-hybridized carbons (Fsp3) is 1.00. The third-order valence-electron chi connectivity index (χ3n) is 4.94. The minimum Gasteiger partial charge on any atom is -0.411 e. The van der Waals surface area contributed by atoms with Crippen LogP contribution in [-0.2, 0) is 9.31 Å². The van der Waals surface area contributed by atoms with E-state index in [-0.39, 0.29) is 7.12 Å². The van der Waals surface area contributed by atoms with E-state index in [2.05, 4.69) is 20.8 Å². The van der Waals surface area contributed by atoms with E-state index in [1.807, 2.05) is 0 Å². The zero-order valence-electron chi connectivity index (χ0n) is 17.8. The third kappa shape index (κ3) is 20.2. The second-order valence-corrected chi connectivity index (χ2v) is 7.53. The van der Waals surface area contributed by atoms with E-state index >= 15 is 0 Å². The molecule has 0 rings (SSSR count). The van der Waals surface area contributed by atoms with Crippen LogP contribution in [0.25, 0.3) is 0 Å². The standard InChI is InChI=1S/C22H47BO2/c1-4-7-9-11-13-15-17-19-21-24-23(6-3)25-22-20-18-16-14-12-10-8-5-2/h4-22H2,1-3H3. The summed E-state index contributed by atoms with van der Waals surface area (Å²) >= 11 is 0. The lowest BCUT2D eigenvalue weighted by molar-refractivity contribution is 0.190. The van der Waals surface area contributed by atoms with E-state index in [9.17, 15) is 0 Å². The molecule has 2 nitrogen and oxygen atoms in total. The van der Waals surface area contributed by atoms with Crippen LogP contribution >= 0.6 is 0 Å². The van der Waals surface area contributed by atoms with Gasteiger partial charge in [-0.05, 0) is 19.2 Å². The second kappa shape index (κ2) is 22.0. The first-order valence-corrected chi connectivity index (χ1v) is 11.6. The van der Waals surface area contributed by atoms with Crippen molar-refractivity contribution in [1.82, 2.24) is 0 Å². The molecule has 0 saturated heterocycles. The maximum Gasteiger partial charge on any atom is 0.456 e. The van der Waals surface area contributed by atoms with Crippen molar-refractivity contribution in [2.45, 2.75) is 130 Å². The Hall–Kier alpha value is -0.0151. The number of unbranched alkanes of at least 4 members (excludes halogenated alkanes) is 14. The highest BCUT2D eigenvalue weighted by atomic mass is 16.6. The van der Waals surface area contributed by atoms with Crippen molar-refractivity contribution in [2.75, 3.05) is 13.2 Å². The van der Waals surface area contributed by atoms with Crippen molar-refractivity contribution in [2.24, 2.45) is 0 Å². The SMILES string of the molecule is CCCCCCCCCCOB(CC)OCCCCCCCCCC. The Morgan fingerprint density at radius 3 is 1.08 bits per heavy atom. The first kappa shape index (κ1) is 25.0. The molecule has 0 amide bonds. The zero-order chi connectivity index (χ0) is 18.4. The van der Waals surface area contributed by atoms with Gasteiger partial charge < -0.3 is 9.31 Å². The minimum atomic E-state index is 0.0223. The van der Waals surface area contributed by atoms with Crippen LogP contribution in [0.2, 0.25) is 6.32 Å². The molecule has 150 valence electrons. The molecular weight excluding hydrogens is 307 g/mol. The van der Waals surface area contributed by atoms with Crippen molar-refractivity contribution in [3.8, 4) is 0 Å². The van der Waals surface area contributed by atoms with E-state index in [0.717, 1.165) is 19.5 Å². The van der Waals surface area contributed by atoms with Crippen LogP contribution in [0.3, 0.4) is 0 Å². The monoisotopic (exact) mass is 354 g/mol. The first-order valence-electron chi connectivity index (χ1n) is 11.6. The average Bonchev–Trinajstić information content (AvgIpc) is 2.63. The Kier molecular flexibility index (Phi) is 22.0. The predicted molar refractivity (Wildman–Crippen MR) is 113 cm³/mol. The number of hydrogen-bond acceptors (Lipinski definition) is 2. The maximum atomic E-state index is 5.89. The summed E-state index contributed by atoms with van der Waals surface area (Å²) in [5, 5.41) is 0. The lowest BCUT2D eigenvalue weighted by Gasteiger charge is -2.13. The minimum absolute atomic E-state index is 0.0223. The van der Waals surface area contributed by atoms with Gasteiger partial charge in [0, 0.05) is 13.2 Å². The molecular formula is C22H47BO2. The Morgan fingerprint density at radius 2 is 0.760 bits per heavy atom. The highest BCUT2D eigenvalue weighted by Crippen LogP contribution is 2.10. The summed E-state index contributed by atoms with van der Waals surface area (Å²) in [7, 11) is 0.0223. The van der Waals surface area contributed by atoms with Crippen LogP contribution in [0.5, 0.6) is 0 Å². The van der Waals surface area contributed by atoms with Gasteiger partial charge in [-0.3, -0.25) is 0 Å². The topological polar surface area (TPSA) is 18.5 Å². The Bertz CT molecular complexity index is 214. The molecule has 0 aromatic heterocycles. The highest BCUT2D eigenvalue weighted by molar-refractivity contribution is 6.44. The van der Waals surface area contributed by atoms with E-state index in [1.165, 1.54) is 103 Å².